The monoisotopic (exact) mass is 281 g/mol. The second-order valence-electron chi connectivity index (χ2n) is 3.45. The zero-order chi connectivity index (χ0) is 11.1. The zero-order valence-electron chi connectivity index (χ0n) is 9.98. The van der Waals surface area contributed by atoms with E-state index in [2.05, 4.69) is 22.5 Å². The molecular formula is C10H21Cl2N5. The summed E-state index contributed by atoms with van der Waals surface area (Å²) in [6.45, 7) is 4.37. The minimum atomic E-state index is 0. The fourth-order valence-corrected chi connectivity index (χ4v) is 1.32. The van der Waals surface area contributed by atoms with E-state index in [1.54, 1.807) is 0 Å². The van der Waals surface area contributed by atoms with Gasteiger partial charge in [0, 0.05) is 19.6 Å². The second kappa shape index (κ2) is 10.2. The largest absolute Gasteiger partial charge is 0.370 e. The molecule has 1 aliphatic heterocycles. The molecule has 0 aliphatic carbocycles. The van der Waals surface area contributed by atoms with E-state index in [0.29, 0.717) is 18.5 Å². The van der Waals surface area contributed by atoms with E-state index < -0.39 is 0 Å². The highest BCUT2D eigenvalue weighted by atomic mass is 35.5. The third kappa shape index (κ3) is 7.07. The molecule has 0 fully saturated rings. The molecule has 0 aromatic heterocycles. The first kappa shape index (κ1) is 18.4. The molecule has 100 valence electrons. The Bertz CT molecular complexity index is 278. The summed E-state index contributed by atoms with van der Waals surface area (Å²) in [7, 11) is 0. The number of nitrogens with two attached hydrogens (primary N) is 1. The van der Waals surface area contributed by atoms with Crippen molar-refractivity contribution in [3.8, 4) is 0 Å². The molecule has 5 nitrogen and oxygen atoms in total. The lowest BCUT2D eigenvalue weighted by atomic mass is 10.3. The summed E-state index contributed by atoms with van der Waals surface area (Å²) in [5.41, 5.74) is 5.62. The molecule has 0 aromatic carbocycles. The van der Waals surface area contributed by atoms with E-state index in [1.807, 2.05) is 11.8 Å². The van der Waals surface area contributed by atoms with Crippen molar-refractivity contribution in [3.63, 3.8) is 0 Å². The molecule has 1 aliphatic rings. The van der Waals surface area contributed by atoms with Crippen molar-refractivity contribution in [2.75, 3.05) is 19.6 Å². The summed E-state index contributed by atoms with van der Waals surface area (Å²) in [4.78, 5) is 6.00. The third-order valence-electron chi connectivity index (χ3n) is 2.13. The van der Waals surface area contributed by atoms with Gasteiger partial charge in [-0.1, -0.05) is 19.1 Å². The number of nitrogens with zero attached hydrogens (tertiary/aromatic N) is 2. The van der Waals surface area contributed by atoms with Crippen molar-refractivity contribution >= 4 is 36.7 Å². The van der Waals surface area contributed by atoms with E-state index >= 15 is 0 Å². The van der Waals surface area contributed by atoms with E-state index in [4.69, 9.17) is 11.1 Å². The maximum absolute atomic E-state index is 7.77. The molecule has 1 rings (SSSR count). The van der Waals surface area contributed by atoms with Crippen LogP contribution in [0.3, 0.4) is 0 Å². The SMILES string of the molecule is CCCN=C(N)NC(=N)N1CC=CCC1.Cl.Cl. The Labute approximate surface area is 115 Å². The van der Waals surface area contributed by atoms with Crippen LogP contribution in [0, 0.1) is 5.41 Å². The van der Waals surface area contributed by atoms with Gasteiger partial charge >= 0.3 is 0 Å². The Kier molecular flexibility index (Phi) is 11.1. The molecule has 7 heteroatoms. The molecule has 4 N–H and O–H groups in total. The van der Waals surface area contributed by atoms with Crippen LogP contribution in [0.15, 0.2) is 17.1 Å². The molecule has 0 amide bonds. The Hall–Kier alpha value is -0.940. The summed E-state index contributed by atoms with van der Waals surface area (Å²) >= 11 is 0. The summed E-state index contributed by atoms with van der Waals surface area (Å²) in [6, 6.07) is 0. The average Bonchev–Trinajstić information content (AvgIpc) is 2.27. The Morgan fingerprint density at radius 1 is 1.47 bits per heavy atom. The summed E-state index contributed by atoms with van der Waals surface area (Å²) < 4.78 is 0. The number of hydrogen-bond donors (Lipinski definition) is 3. The fraction of sp³-hybridized carbons (Fsp3) is 0.600. The second-order valence-corrected chi connectivity index (χ2v) is 3.45. The van der Waals surface area contributed by atoms with Crippen LogP contribution >= 0.6 is 24.8 Å². The number of hydrogen-bond acceptors (Lipinski definition) is 2. The van der Waals surface area contributed by atoms with Gasteiger partial charge in [-0.3, -0.25) is 15.7 Å². The smallest absolute Gasteiger partial charge is 0.198 e. The molecule has 0 saturated carbocycles. The predicted molar refractivity (Wildman–Crippen MR) is 77.5 cm³/mol. The normalized spacial score (nSPS) is 14.6. The topological polar surface area (TPSA) is 77.5 Å². The van der Waals surface area contributed by atoms with Gasteiger partial charge < -0.3 is 10.6 Å². The maximum atomic E-state index is 7.77. The van der Waals surface area contributed by atoms with Crippen molar-refractivity contribution in [1.29, 1.82) is 5.41 Å². The van der Waals surface area contributed by atoms with Gasteiger partial charge in [-0.15, -0.1) is 24.8 Å². The lowest BCUT2D eigenvalue weighted by Gasteiger charge is -2.25. The van der Waals surface area contributed by atoms with Crippen molar-refractivity contribution in [2.45, 2.75) is 19.8 Å². The maximum Gasteiger partial charge on any atom is 0.198 e. The Balaban J connectivity index is 0. The van der Waals surface area contributed by atoms with E-state index in [1.165, 1.54) is 0 Å². The zero-order valence-corrected chi connectivity index (χ0v) is 11.6. The minimum absolute atomic E-state index is 0. The molecule has 0 saturated heterocycles. The van der Waals surface area contributed by atoms with Crippen molar-refractivity contribution in [2.24, 2.45) is 10.7 Å². The molecular weight excluding hydrogens is 261 g/mol. The van der Waals surface area contributed by atoms with Crippen LogP contribution in [0.2, 0.25) is 0 Å². The summed E-state index contributed by atoms with van der Waals surface area (Å²) in [6.07, 6.45) is 6.12. The van der Waals surface area contributed by atoms with E-state index in [-0.39, 0.29) is 24.8 Å². The number of halogens is 2. The first-order valence-electron chi connectivity index (χ1n) is 5.29. The number of nitrogens with one attached hydrogen (secondary N) is 2. The molecule has 0 aromatic rings. The van der Waals surface area contributed by atoms with Crippen LogP contribution in [0.4, 0.5) is 0 Å². The molecule has 1 heterocycles. The Morgan fingerprint density at radius 3 is 2.71 bits per heavy atom. The molecule has 0 bridgehead atoms. The summed E-state index contributed by atoms with van der Waals surface area (Å²) in [5.74, 6) is 0.660. The highest BCUT2D eigenvalue weighted by Crippen LogP contribution is 1.99. The number of guanidine groups is 2. The van der Waals surface area contributed by atoms with Gasteiger partial charge in [-0.05, 0) is 12.8 Å². The average molecular weight is 282 g/mol. The van der Waals surface area contributed by atoms with Gasteiger partial charge in [0.15, 0.2) is 11.9 Å². The highest BCUT2D eigenvalue weighted by molar-refractivity contribution is 5.96. The number of aliphatic imine (C=N–C) groups is 1. The van der Waals surface area contributed by atoms with Gasteiger partial charge in [0.1, 0.15) is 0 Å². The van der Waals surface area contributed by atoms with Gasteiger partial charge in [-0.2, -0.15) is 0 Å². The Morgan fingerprint density at radius 2 is 2.18 bits per heavy atom. The molecule has 0 radical (unpaired) electrons. The van der Waals surface area contributed by atoms with Crippen LogP contribution in [0.5, 0.6) is 0 Å². The highest BCUT2D eigenvalue weighted by Gasteiger charge is 2.10. The summed E-state index contributed by atoms with van der Waals surface area (Å²) in [5, 5.41) is 10.6. The van der Waals surface area contributed by atoms with Crippen LogP contribution in [0.1, 0.15) is 19.8 Å². The first-order valence-corrected chi connectivity index (χ1v) is 5.29. The van der Waals surface area contributed by atoms with Gasteiger partial charge in [0.25, 0.3) is 0 Å². The van der Waals surface area contributed by atoms with E-state index in [0.717, 1.165) is 25.9 Å². The standard InChI is InChI=1S/C10H19N5.2ClH/c1-2-6-13-9(11)14-10(12)15-7-4-3-5-8-15;;/h3-4H,2,5-8H2,1H3,(H4,11,12,13,14);2*1H. The van der Waals surface area contributed by atoms with Crippen LogP contribution in [-0.4, -0.2) is 36.5 Å². The van der Waals surface area contributed by atoms with Crippen LogP contribution in [-0.2, 0) is 0 Å². The van der Waals surface area contributed by atoms with Gasteiger partial charge in [0.05, 0.1) is 0 Å². The van der Waals surface area contributed by atoms with Gasteiger partial charge in [-0.25, -0.2) is 0 Å². The quantitative estimate of drug-likeness (QED) is 0.406. The molecule has 0 unspecified atom stereocenters. The van der Waals surface area contributed by atoms with Crippen molar-refractivity contribution in [1.82, 2.24) is 10.2 Å². The third-order valence-corrected chi connectivity index (χ3v) is 2.13. The first-order chi connectivity index (χ1) is 7.24. The molecule has 17 heavy (non-hydrogen) atoms. The fourth-order valence-electron chi connectivity index (χ4n) is 1.32. The molecule has 0 spiro atoms. The molecule has 0 atom stereocenters. The lowest BCUT2D eigenvalue weighted by Crippen LogP contribution is -2.47. The van der Waals surface area contributed by atoms with Crippen molar-refractivity contribution < 1.29 is 0 Å². The predicted octanol–water partition coefficient (Wildman–Crippen LogP) is 1.34. The number of rotatable bonds is 2. The van der Waals surface area contributed by atoms with Crippen LogP contribution in [0.25, 0.3) is 0 Å². The lowest BCUT2D eigenvalue weighted by molar-refractivity contribution is 0.441. The minimum Gasteiger partial charge on any atom is -0.370 e. The van der Waals surface area contributed by atoms with Crippen LogP contribution < -0.4 is 11.1 Å². The van der Waals surface area contributed by atoms with E-state index in [9.17, 15) is 0 Å². The van der Waals surface area contributed by atoms with Crippen molar-refractivity contribution in [3.05, 3.63) is 12.2 Å². The van der Waals surface area contributed by atoms with Gasteiger partial charge in [0.2, 0.25) is 0 Å².